The fourth-order valence-electron chi connectivity index (χ4n) is 1.22. The smallest absolute Gasteiger partial charge is 0.185 e. The number of H-pyrrole nitrogens is 1. The quantitative estimate of drug-likeness (QED) is 0.806. The molecule has 2 rings (SSSR count). The van der Waals surface area contributed by atoms with Crippen molar-refractivity contribution in [2.24, 2.45) is 0 Å². The van der Waals surface area contributed by atoms with E-state index in [9.17, 15) is 4.79 Å². The van der Waals surface area contributed by atoms with Crippen LogP contribution in [0.15, 0.2) is 40.3 Å². The van der Waals surface area contributed by atoms with E-state index in [0.717, 1.165) is 21.9 Å². The van der Waals surface area contributed by atoms with E-state index in [1.165, 1.54) is 0 Å². The highest BCUT2D eigenvalue weighted by molar-refractivity contribution is 7.99. The topological polar surface area (TPSA) is 45.8 Å². The summed E-state index contributed by atoms with van der Waals surface area (Å²) in [5.74, 6) is 0.380. The van der Waals surface area contributed by atoms with Gasteiger partial charge in [-0.25, -0.2) is 4.98 Å². The molecule has 0 radical (unpaired) electrons. The van der Waals surface area contributed by atoms with E-state index < -0.39 is 0 Å². The molecule has 0 fully saturated rings. The number of rotatable bonds is 3. The number of aryl methyl sites for hydroxylation is 1. The summed E-state index contributed by atoms with van der Waals surface area (Å²) in [7, 11) is 0. The molecule has 76 valence electrons. The predicted octanol–water partition coefficient (Wildman–Crippen LogP) is 2.68. The molecule has 0 amide bonds. The van der Waals surface area contributed by atoms with Gasteiger partial charge in [-0.1, -0.05) is 30.0 Å². The predicted molar refractivity (Wildman–Crippen MR) is 59.3 cm³/mol. The molecule has 1 aromatic heterocycles. The second-order valence-electron chi connectivity index (χ2n) is 3.09. The normalized spacial score (nSPS) is 10.2. The summed E-state index contributed by atoms with van der Waals surface area (Å²) in [6.07, 6.45) is 0.724. The summed E-state index contributed by atoms with van der Waals surface area (Å²) in [5, 5.41) is 0.850. The summed E-state index contributed by atoms with van der Waals surface area (Å²) in [4.78, 5) is 18.7. The van der Waals surface area contributed by atoms with Crippen molar-refractivity contribution in [2.45, 2.75) is 16.8 Å². The number of hydrogen-bond acceptors (Lipinski definition) is 3. The van der Waals surface area contributed by atoms with Crippen molar-refractivity contribution in [3.05, 3.63) is 41.9 Å². The van der Waals surface area contributed by atoms with Crippen LogP contribution in [-0.4, -0.2) is 16.3 Å². The van der Waals surface area contributed by atoms with Gasteiger partial charge in [0.2, 0.25) is 0 Å². The lowest BCUT2D eigenvalue weighted by Crippen LogP contribution is -1.80. The fourth-order valence-corrected chi connectivity index (χ4v) is 2.09. The second-order valence-corrected chi connectivity index (χ2v) is 4.15. The average molecular weight is 218 g/mol. The van der Waals surface area contributed by atoms with Gasteiger partial charge in [0.15, 0.2) is 12.1 Å². The SMILES string of the molecule is Cc1[nH]c(C=O)nc1Sc1ccccc1. The van der Waals surface area contributed by atoms with Crippen LogP contribution in [0.25, 0.3) is 0 Å². The Morgan fingerprint density at radius 1 is 1.33 bits per heavy atom. The van der Waals surface area contributed by atoms with Gasteiger partial charge in [0.25, 0.3) is 0 Å². The third kappa shape index (κ3) is 2.27. The summed E-state index contributed by atoms with van der Waals surface area (Å²) in [5.41, 5.74) is 0.922. The number of hydrogen-bond donors (Lipinski definition) is 1. The first-order chi connectivity index (χ1) is 7.29. The van der Waals surface area contributed by atoms with Crippen molar-refractivity contribution in [1.82, 2.24) is 9.97 Å². The average Bonchev–Trinajstić information content (AvgIpc) is 2.61. The highest BCUT2D eigenvalue weighted by atomic mass is 32.2. The highest BCUT2D eigenvalue weighted by Gasteiger charge is 2.06. The molecule has 0 aliphatic rings. The maximum absolute atomic E-state index is 10.5. The van der Waals surface area contributed by atoms with E-state index in [-0.39, 0.29) is 0 Å². The van der Waals surface area contributed by atoms with Gasteiger partial charge in [0, 0.05) is 10.6 Å². The number of carbonyl (C=O) groups excluding carboxylic acids is 1. The number of aromatic amines is 1. The van der Waals surface area contributed by atoms with Crippen molar-refractivity contribution in [3.63, 3.8) is 0 Å². The van der Waals surface area contributed by atoms with Crippen LogP contribution in [0.1, 0.15) is 16.3 Å². The maximum atomic E-state index is 10.5. The van der Waals surface area contributed by atoms with Crippen LogP contribution in [0.5, 0.6) is 0 Å². The molecule has 0 aliphatic heterocycles. The van der Waals surface area contributed by atoms with Crippen molar-refractivity contribution in [1.29, 1.82) is 0 Å². The van der Waals surface area contributed by atoms with Gasteiger partial charge in [-0.2, -0.15) is 0 Å². The van der Waals surface area contributed by atoms with E-state index in [1.807, 2.05) is 37.3 Å². The molecule has 0 bridgehead atoms. The number of aromatic nitrogens is 2. The van der Waals surface area contributed by atoms with Crippen LogP contribution in [0.3, 0.4) is 0 Å². The summed E-state index contributed by atoms with van der Waals surface area (Å²) in [6, 6.07) is 9.95. The lowest BCUT2D eigenvalue weighted by Gasteiger charge is -1.97. The number of aldehydes is 1. The zero-order valence-electron chi connectivity index (χ0n) is 8.23. The Labute approximate surface area is 91.9 Å². The Balaban J connectivity index is 2.24. The monoisotopic (exact) mass is 218 g/mol. The van der Waals surface area contributed by atoms with Crippen LogP contribution in [0.2, 0.25) is 0 Å². The van der Waals surface area contributed by atoms with E-state index >= 15 is 0 Å². The molecule has 0 atom stereocenters. The first-order valence-corrected chi connectivity index (χ1v) is 5.36. The number of nitrogens with one attached hydrogen (secondary N) is 1. The van der Waals surface area contributed by atoms with E-state index in [0.29, 0.717) is 5.82 Å². The van der Waals surface area contributed by atoms with Crippen LogP contribution in [0.4, 0.5) is 0 Å². The van der Waals surface area contributed by atoms with Gasteiger partial charge in [0.1, 0.15) is 5.03 Å². The minimum atomic E-state index is 0.380. The molecule has 0 aliphatic carbocycles. The zero-order valence-corrected chi connectivity index (χ0v) is 9.04. The van der Waals surface area contributed by atoms with Gasteiger partial charge in [0.05, 0.1) is 0 Å². The maximum Gasteiger partial charge on any atom is 0.185 e. The molecule has 4 heteroatoms. The molecular weight excluding hydrogens is 208 g/mol. The minimum Gasteiger partial charge on any atom is -0.339 e. The standard InChI is InChI=1S/C11H10N2OS/c1-8-11(13-10(7-14)12-8)15-9-5-3-2-4-6-9/h2-7H,1H3,(H,12,13). The lowest BCUT2D eigenvalue weighted by molar-refractivity contribution is 0.111. The number of nitrogens with zero attached hydrogens (tertiary/aromatic N) is 1. The molecule has 0 saturated carbocycles. The van der Waals surface area contributed by atoms with Crippen molar-refractivity contribution >= 4 is 18.0 Å². The molecule has 0 unspecified atom stereocenters. The third-order valence-electron chi connectivity index (χ3n) is 1.93. The Morgan fingerprint density at radius 3 is 2.67 bits per heavy atom. The van der Waals surface area contributed by atoms with Crippen molar-refractivity contribution in [2.75, 3.05) is 0 Å². The summed E-state index contributed by atoms with van der Waals surface area (Å²) < 4.78 is 0. The van der Waals surface area contributed by atoms with Crippen molar-refractivity contribution < 1.29 is 4.79 Å². The third-order valence-corrected chi connectivity index (χ3v) is 3.03. The van der Waals surface area contributed by atoms with Gasteiger partial charge in [-0.15, -0.1) is 0 Å². The van der Waals surface area contributed by atoms with Crippen LogP contribution < -0.4 is 0 Å². The zero-order chi connectivity index (χ0) is 10.7. The van der Waals surface area contributed by atoms with Gasteiger partial charge in [-0.3, -0.25) is 4.79 Å². The molecule has 1 aromatic carbocycles. The fraction of sp³-hybridized carbons (Fsp3) is 0.0909. The van der Waals surface area contributed by atoms with Crippen LogP contribution in [-0.2, 0) is 0 Å². The van der Waals surface area contributed by atoms with Crippen LogP contribution in [0, 0.1) is 6.92 Å². The second kappa shape index (κ2) is 4.31. The van der Waals surface area contributed by atoms with E-state index in [4.69, 9.17) is 0 Å². The number of carbonyl (C=O) groups is 1. The number of imidazole rings is 1. The summed E-state index contributed by atoms with van der Waals surface area (Å²) in [6.45, 7) is 1.91. The molecule has 1 heterocycles. The van der Waals surface area contributed by atoms with E-state index in [2.05, 4.69) is 9.97 Å². The Morgan fingerprint density at radius 2 is 2.07 bits per heavy atom. The molecule has 15 heavy (non-hydrogen) atoms. The molecule has 3 nitrogen and oxygen atoms in total. The van der Waals surface area contributed by atoms with Gasteiger partial charge < -0.3 is 4.98 Å². The lowest BCUT2D eigenvalue weighted by atomic mass is 10.4. The van der Waals surface area contributed by atoms with Crippen LogP contribution >= 0.6 is 11.8 Å². The molecular formula is C11H10N2OS. The largest absolute Gasteiger partial charge is 0.339 e. The van der Waals surface area contributed by atoms with Crippen molar-refractivity contribution in [3.8, 4) is 0 Å². The molecule has 2 aromatic rings. The summed E-state index contributed by atoms with van der Waals surface area (Å²) >= 11 is 1.55. The first kappa shape index (κ1) is 9.98. The Kier molecular flexibility index (Phi) is 2.87. The van der Waals surface area contributed by atoms with Gasteiger partial charge >= 0.3 is 0 Å². The Hall–Kier alpha value is -1.55. The molecule has 1 N–H and O–H groups in total. The molecule has 0 spiro atoms. The number of benzene rings is 1. The highest BCUT2D eigenvalue weighted by Crippen LogP contribution is 2.27. The Bertz CT molecular complexity index is 465. The minimum absolute atomic E-state index is 0.380. The van der Waals surface area contributed by atoms with Gasteiger partial charge in [-0.05, 0) is 19.1 Å². The van der Waals surface area contributed by atoms with E-state index in [1.54, 1.807) is 11.8 Å². The molecule has 0 saturated heterocycles. The first-order valence-electron chi connectivity index (χ1n) is 4.54.